The van der Waals surface area contributed by atoms with E-state index in [2.05, 4.69) is 38.5 Å². The Morgan fingerprint density at radius 2 is 2.09 bits per heavy atom. The van der Waals surface area contributed by atoms with Crippen LogP contribution in [0.3, 0.4) is 0 Å². The molecular weight excluding hydrogens is 342 g/mol. The highest BCUT2D eigenvalue weighted by Gasteiger charge is 2.07. The van der Waals surface area contributed by atoms with Gasteiger partial charge in [0.2, 0.25) is 0 Å². The number of carbonyl (C=O) groups excluding carboxylic acids is 1. The maximum Gasteiger partial charge on any atom is 0.251 e. The number of rotatable bonds is 6. The summed E-state index contributed by atoms with van der Waals surface area (Å²) in [5, 5.41) is 6.16. The molecule has 1 amide bonds. The van der Waals surface area contributed by atoms with Crippen LogP contribution in [0.5, 0.6) is 0 Å². The molecule has 0 fully saturated rings. The molecule has 0 aliphatic carbocycles. The summed E-state index contributed by atoms with van der Waals surface area (Å²) < 4.78 is 1.03. The third-order valence-electron chi connectivity index (χ3n) is 3.29. The molecule has 116 valence electrons. The van der Waals surface area contributed by atoms with Crippen LogP contribution in [0.25, 0.3) is 0 Å². The number of nitrogens with zero attached hydrogens (tertiary/aromatic N) is 1. The lowest BCUT2D eigenvalue weighted by Crippen LogP contribution is -2.24. The summed E-state index contributed by atoms with van der Waals surface area (Å²) in [4.78, 5) is 16.3. The smallest absolute Gasteiger partial charge is 0.251 e. The summed E-state index contributed by atoms with van der Waals surface area (Å²) in [7, 11) is 0. The summed E-state index contributed by atoms with van der Waals surface area (Å²) in [5.74, 6) is 0.597. The fraction of sp³-hybridized carbons (Fsp3) is 0.294. The third kappa shape index (κ3) is 4.56. The van der Waals surface area contributed by atoms with E-state index < -0.39 is 0 Å². The maximum atomic E-state index is 12.1. The highest BCUT2D eigenvalue weighted by molar-refractivity contribution is 9.10. The third-order valence-corrected chi connectivity index (χ3v) is 3.78. The number of hydrogen-bond donors (Lipinski definition) is 2. The van der Waals surface area contributed by atoms with Crippen molar-refractivity contribution in [2.45, 2.75) is 26.7 Å². The molecule has 0 spiro atoms. The zero-order valence-electron chi connectivity index (χ0n) is 12.8. The number of aryl methyl sites for hydroxylation is 1. The SMILES string of the molecule is CCCCNC(=O)c1ccnc(Nc2ccc(Br)cc2C)c1. The van der Waals surface area contributed by atoms with Crippen molar-refractivity contribution >= 4 is 33.3 Å². The highest BCUT2D eigenvalue weighted by atomic mass is 79.9. The van der Waals surface area contributed by atoms with E-state index >= 15 is 0 Å². The second-order valence-electron chi connectivity index (χ2n) is 5.12. The first-order valence-corrected chi connectivity index (χ1v) is 8.17. The van der Waals surface area contributed by atoms with Gasteiger partial charge in [0, 0.05) is 28.5 Å². The van der Waals surface area contributed by atoms with Gasteiger partial charge in [0.15, 0.2) is 0 Å². The number of carbonyl (C=O) groups is 1. The van der Waals surface area contributed by atoms with E-state index in [-0.39, 0.29) is 5.91 Å². The maximum absolute atomic E-state index is 12.1. The second-order valence-corrected chi connectivity index (χ2v) is 6.04. The van der Waals surface area contributed by atoms with Crippen molar-refractivity contribution in [3.8, 4) is 0 Å². The molecule has 0 bridgehead atoms. The van der Waals surface area contributed by atoms with Gasteiger partial charge in [0.1, 0.15) is 5.82 Å². The topological polar surface area (TPSA) is 54.0 Å². The van der Waals surface area contributed by atoms with Gasteiger partial charge >= 0.3 is 0 Å². The van der Waals surface area contributed by atoms with Gasteiger partial charge in [-0.25, -0.2) is 4.98 Å². The molecule has 5 heteroatoms. The van der Waals surface area contributed by atoms with Gasteiger partial charge in [-0.05, 0) is 49.2 Å². The molecule has 0 saturated heterocycles. The molecule has 1 aromatic heterocycles. The average Bonchev–Trinajstić information content (AvgIpc) is 2.50. The largest absolute Gasteiger partial charge is 0.352 e. The average molecular weight is 362 g/mol. The normalized spacial score (nSPS) is 10.3. The van der Waals surface area contributed by atoms with Gasteiger partial charge in [-0.15, -0.1) is 0 Å². The Bertz CT molecular complexity index is 658. The Kier molecular flexibility index (Phi) is 5.95. The predicted octanol–water partition coefficient (Wildman–Crippen LogP) is 4.43. The van der Waals surface area contributed by atoms with Gasteiger partial charge < -0.3 is 10.6 Å². The summed E-state index contributed by atoms with van der Waals surface area (Å²) >= 11 is 3.45. The van der Waals surface area contributed by atoms with Gasteiger partial charge in [0.05, 0.1) is 0 Å². The molecule has 2 rings (SSSR count). The number of nitrogens with one attached hydrogen (secondary N) is 2. The number of benzene rings is 1. The van der Waals surface area contributed by atoms with Crippen LogP contribution in [0, 0.1) is 6.92 Å². The van der Waals surface area contributed by atoms with Crippen molar-refractivity contribution in [3.05, 3.63) is 52.1 Å². The first-order valence-electron chi connectivity index (χ1n) is 7.37. The van der Waals surface area contributed by atoms with Crippen LogP contribution in [-0.2, 0) is 0 Å². The molecule has 0 aliphatic rings. The number of hydrogen-bond acceptors (Lipinski definition) is 3. The molecule has 0 radical (unpaired) electrons. The summed E-state index contributed by atoms with van der Waals surface area (Å²) in [6.45, 7) is 4.82. The van der Waals surface area contributed by atoms with Crippen LogP contribution in [0.2, 0.25) is 0 Å². The van der Waals surface area contributed by atoms with E-state index in [1.807, 2.05) is 25.1 Å². The Hall–Kier alpha value is -1.88. The Labute approximate surface area is 139 Å². The minimum absolute atomic E-state index is 0.0635. The summed E-state index contributed by atoms with van der Waals surface area (Å²) in [6, 6.07) is 9.47. The van der Waals surface area contributed by atoms with Crippen LogP contribution in [0.15, 0.2) is 41.0 Å². The van der Waals surface area contributed by atoms with Gasteiger partial charge in [0.25, 0.3) is 5.91 Å². The van der Waals surface area contributed by atoms with Crippen LogP contribution in [0.4, 0.5) is 11.5 Å². The summed E-state index contributed by atoms with van der Waals surface area (Å²) in [6.07, 6.45) is 3.69. The molecule has 2 aromatic rings. The van der Waals surface area contributed by atoms with E-state index in [0.29, 0.717) is 17.9 Å². The number of anilines is 2. The number of aromatic nitrogens is 1. The van der Waals surface area contributed by atoms with Crippen LogP contribution in [-0.4, -0.2) is 17.4 Å². The van der Waals surface area contributed by atoms with Crippen molar-refractivity contribution in [3.63, 3.8) is 0 Å². The molecular formula is C17H20BrN3O. The van der Waals surface area contributed by atoms with E-state index in [1.165, 1.54) is 0 Å². The Morgan fingerprint density at radius 1 is 1.27 bits per heavy atom. The van der Waals surface area contributed by atoms with Gasteiger partial charge in [-0.2, -0.15) is 0 Å². The molecule has 2 N–H and O–H groups in total. The van der Waals surface area contributed by atoms with Crippen LogP contribution >= 0.6 is 15.9 Å². The molecule has 0 unspecified atom stereocenters. The van der Waals surface area contributed by atoms with Crippen LogP contribution in [0.1, 0.15) is 35.7 Å². The minimum Gasteiger partial charge on any atom is -0.352 e. The molecule has 22 heavy (non-hydrogen) atoms. The second kappa shape index (κ2) is 7.94. The van der Waals surface area contributed by atoms with Crippen molar-refractivity contribution < 1.29 is 4.79 Å². The van der Waals surface area contributed by atoms with Crippen molar-refractivity contribution in [2.24, 2.45) is 0 Å². The first-order chi connectivity index (χ1) is 10.6. The lowest BCUT2D eigenvalue weighted by molar-refractivity contribution is 0.0953. The first kappa shape index (κ1) is 16.5. The Balaban J connectivity index is 2.09. The minimum atomic E-state index is -0.0635. The van der Waals surface area contributed by atoms with E-state index in [1.54, 1.807) is 18.3 Å². The highest BCUT2D eigenvalue weighted by Crippen LogP contribution is 2.23. The fourth-order valence-electron chi connectivity index (χ4n) is 2.03. The number of halogens is 1. The van der Waals surface area contributed by atoms with E-state index in [9.17, 15) is 4.79 Å². The lowest BCUT2D eigenvalue weighted by atomic mass is 10.2. The monoisotopic (exact) mass is 361 g/mol. The van der Waals surface area contributed by atoms with Crippen molar-refractivity contribution in [1.29, 1.82) is 0 Å². The summed E-state index contributed by atoms with van der Waals surface area (Å²) in [5.41, 5.74) is 2.69. The molecule has 1 aromatic carbocycles. The predicted molar refractivity (Wildman–Crippen MR) is 93.6 cm³/mol. The molecule has 1 heterocycles. The fourth-order valence-corrected chi connectivity index (χ4v) is 2.50. The van der Waals surface area contributed by atoms with E-state index in [4.69, 9.17) is 0 Å². The quantitative estimate of drug-likeness (QED) is 0.748. The molecule has 0 aliphatic heterocycles. The number of unbranched alkanes of at least 4 members (excludes halogenated alkanes) is 1. The van der Waals surface area contributed by atoms with Gasteiger partial charge in [-0.3, -0.25) is 4.79 Å². The standard InChI is InChI=1S/C17H20BrN3O/c1-3-4-8-20-17(22)13-7-9-19-16(11-13)21-15-6-5-14(18)10-12(15)2/h5-7,9-11H,3-4,8H2,1-2H3,(H,19,21)(H,20,22). The van der Waals surface area contributed by atoms with Gasteiger partial charge in [-0.1, -0.05) is 29.3 Å². The lowest BCUT2D eigenvalue weighted by Gasteiger charge is -2.10. The zero-order valence-corrected chi connectivity index (χ0v) is 14.4. The van der Waals surface area contributed by atoms with Crippen LogP contribution < -0.4 is 10.6 Å². The Morgan fingerprint density at radius 3 is 2.82 bits per heavy atom. The molecule has 0 atom stereocenters. The van der Waals surface area contributed by atoms with Crippen molar-refractivity contribution in [2.75, 3.05) is 11.9 Å². The van der Waals surface area contributed by atoms with Crippen molar-refractivity contribution in [1.82, 2.24) is 10.3 Å². The van der Waals surface area contributed by atoms with E-state index in [0.717, 1.165) is 28.6 Å². The zero-order chi connectivity index (χ0) is 15.9. The number of amides is 1. The molecule has 4 nitrogen and oxygen atoms in total. The number of pyridine rings is 1. The molecule has 0 saturated carbocycles.